The second-order valence-electron chi connectivity index (χ2n) is 6.07. The first-order chi connectivity index (χ1) is 14.0. The van der Waals surface area contributed by atoms with Gasteiger partial charge in [-0.15, -0.1) is 0 Å². The van der Waals surface area contributed by atoms with Crippen LogP contribution in [0.4, 0.5) is 0 Å². The Balaban J connectivity index is 4.66. The molecule has 170 valence electrons. The fourth-order valence-corrected chi connectivity index (χ4v) is 2.04. The Labute approximate surface area is 171 Å². The van der Waals surface area contributed by atoms with Crippen molar-refractivity contribution in [2.24, 2.45) is 22.2 Å². The maximum atomic E-state index is 12.0. The fourth-order valence-electron chi connectivity index (χ4n) is 2.04. The summed E-state index contributed by atoms with van der Waals surface area (Å²) in [5, 5.41) is 32.8. The average Bonchev–Trinajstić information content (AvgIpc) is 2.65. The summed E-state index contributed by atoms with van der Waals surface area (Å²) in [6, 6.07) is -4.26. The maximum Gasteiger partial charge on any atom is 0.328 e. The van der Waals surface area contributed by atoms with E-state index in [1.165, 1.54) is 0 Å². The lowest BCUT2D eigenvalue weighted by Gasteiger charge is -2.19. The Hall–Kier alpha value is -3.46. The number of guanidine groups is 1. The molecule has 0 saturated carbocycles. The second kappa shape index (κ2) is 13.7. The topological polar surface area (TPSA) is 273 Å². The number of carboxylic acid groups (broad SMARTS) is 2. The molecule has 0 rings (SSSR count). The molecule has 0 radical (unpaired) electrons. The van der Waals surface area contributed by atoms with Crippen LogP contribution in [0.25, 0.3) is 0 Å². The minimum atomic E-state index is -1.68. The molecule has 0 aliphatic rings. The summed E-state index contributed by atoms with van der Waals surface area (Å²) in [6.45, 7) is -1.28. The summed E-state index contributed by atoms with van der Waals surface area (Å²) < 4.78 is 0. The van der Waals surface area contributed by atoms with Crippen molar-refractivity contribution in [3.8, 4) is 0 Å². The zero-order chi connectivity index (χ0) is 23.3. The number of hydrogen-bond acceptors (Lipinski definition) is 8. The van der Waals surface area contributed by atoms with E-state index in [2.05, 4.69) is 15.6 Å². The number of aliphatic imine (C=N–C) groups is 1. The molecule has 0 aliphatic carbocycles. The first-order valence-corrected chi connectivity index (χ1v) is 8.71. The number of amides is 3. The van der Waals surface area contributed by atoms with E-state index in [-0.39, 0.29) is 18.9 Å². The number of aliphatic carboxylic acids is 2. The Bertz CT molecular complexity index is 665. The molecule has 0 heterocycles. The van der Waals surface area contributed by atoms with Gasteiger partial charge in [-0.2, -0.15) is 0 Å². The number of carboxylic acids is 2. The van der Waals surface area contributed by atoms with Gasteiger partial charge in [0.1, 0.15) is 12.1 Å². The van der Waals surface area contributed by atoms with E-state index in [9.17, 15) is 24.0 Å². The zero-order valence-corrected chi connectivity index (χ0v) is 16.0. The van der Waals surface area contributed by atoms with Crippen molar-refractivity contribution >= 4 is 35.6 Å². The number of rotatable bonds is 14. The molecule has 0 spiro atoms. The Kier molecular flexibility index (Phi) is 12.1. The van der Waals surface area contributed by atoms with Gasteiger partial charge >= 0.3 is 11.9 Å². The molecule has 3 amide bonds. The molecular weight excluding hydrogens is 406 g/mol. The number of nitrogens with one attached hydrogen (secondary N) is 3. The molecular formula is C15H27N7O8. The van der Waals surface area contributed by atoms with Gasteiger partial charge in [-0.25, -0.2) is 4.79 Å². The molecule has 3 atom stereocenters. The molecule has 0 aliphatic heterocycles. The van der Waals surface area contributed by atoms with Gasteiger partial charge in [0.15, 0.2) is 5.96 Å². The van der Waals surface area contributed by atoms with Crippen LogP contribution in [0.5, 0.6) is 0 Å². The number of hydrogen-bond donors (Lipinski definition) is 9. The lowest BCUT2D eigenvalue weighted by atomic mass is 10.1. The third kappa shape index (κ3) is 11.4. The SMILES string of the molecule is NC(N)=NCCC[C@H](N)C(=O)NCC(=O)N[C@@H](CC(=O)O)C(=O)N[C@H](CO)C(=O)O. The number of aliphatic hydroxyl groups excluding tert-OH is 1. The van der Waals surface area contributed by atoms with Crippen molar-refractivity contribution in [2.45, 2.75) is 37.4 Å². The van der Waals surface area contributed by atoms with E-state index in [4.69, 9.17) is 32.5 Å². The molecule has 30 heavy (non-hydrogen) atoms. The van der Waals surface area contributed by atoms with Crippen molar-refractivity contribution in [1.82, 2.24) is 16.0 Å². The summed E-state index contributed by atoms with van der Waals surface area (Å²) in [5.41, 5.74) is 16.0. The molecule has 12 N–H and O–H groups in total. The highest BCUT2D eigenvalue weighted by atomic mass is 16.4. The molecule has 0 aromatic rings. The number of nitrogens with zero attached hydrogens (tertiary/aromatic N) is 1. The van der Waals surface area contributed by atoms with Crippen molar-refractivity contribution < 1.29 is 39.3 Å². The number of carbonyl (C=O) groups is 5. The lowest BCUT2D eigenvalue weighted by molar-refractivity contribution is -0.144. The third-order valence-electron chi connectivity index (χ3n) is 3.56. The van der Waals surface area contributed by atoms with Crippen LogP contribution in [-0.4, -0.2) is 88.8 Å². The minimum absolute atomic E-state index is 0.0988. The van der Waals surface area contributed by atoms with Gasteiger partial charge in [0.2, 0.25) is 17.7 Å². The van der Waals surface area contributed by atoms with Crippen LogP contribution in [0.3, 0.4) is 0 Å². The van der Waals surface area contributed by atoms with Gasteiger partial charge in [0.25, 0.3) is 0 Å². The summed E-state index contributed by atoms with van der Waals surface area (Å²) in [6.07, 6.45) is -0.214. The highest BCUT2D eigenvalue weighted by molar-refractivity contribution is 5.94. The summed E-state index contributed by atoms with van der Waals surface area (Å²) >= 11 is 0. The average molecular weight is 433 g/mol. The highest BCUT2D eigenvalue weighted by Crippen LogP contribution is 1.97. The Morgan fingerprint density at radius 1 is 0.967 bits per heavy atom. The number of aliphatic hydroxyl groups is 1. The van der Waals surface area contributed by atoms with E-state index in [1.54, 1.807) is 0 Å². The summed E-state index contributed by atoms with van der Waals surface area (Å²) in [7, 11) is 0. The predicted octanol–water partition coefficient (Wildman–Crippen LogP) is -5.00. The van der Waals surface area contributed by atoms with E-state index in [1.807, 2.05) is 5.32 Å². The first-order valence-electron chi connectivity index (χ1n) is 8.71. The quantitative estimate of drug-likeness (QED) is 0.0710. The van der Waals surface area contributed by atoms with E-state index >= 15 is 0 Å². The fraction of sp³-hybridized carbons (Fsp3) is 0.600. The van der Waals surface area contributed by atoms with Crippen LogP contribution in [-0.2, 0) is 24.0 Å². The van der Waals surface area contributed by atoms with E-state index in [0.717, 1.165) is 0 Å². The molecule has 0 aromatic heterocycles. The molecule has 0 unspecified atom stereocenters. The largest absolute Gasteiger partial charge is 0.481 e. The maximum absolute atomic E-state index is 12.0. The van der Waals surface area contributed by atoms with E-state index in [0.29, 0.717) is 6.42 Å². The normalized spacial score (nSPS) is 13.3. The summed E-state index contributed by atoms with van der Waals surface area (Å²) in [5.74, 6) is -5.80. The minimum Gasteiger partial charge on any atom is -0.481 e. The van der Waals surface area contributed by atoms with Gasteiger partial charge in [0.05, 0.1) is 25.6 Å². The second-order valence-corrected chi connectivity index (χ2v) is 6.07. The van der Waals surface area contributed by atoms with Gasteiger partial charge in [-0.3, -0.25) is 24.2 Å². The first kappa shape index (κ1) is 26.5. The van der Waals surface area contributed by atoms with Crippen molar-refractivity contribution in [2.75, 3.05) is 19.7 Å². The molecule has 0 bridgehead atoms. The molecule has 15 heteroatoms. The number of carbonyl (C=O) groups excluding carboxylic acids is 3. The molecule has 0 saturated heterocycles. The Morgan fingerprint density at radius 2 is 1.60 bits per heavy atom. The Morgan fingerprint density at radius 3 is 2.10 bits per heavy atom. The standard InChI is InChI=1S/C15H27N7O8/c16-7(2-1-3-19-15(17)18)12(27)20-5-10(24)21-8(4-11(25)26)13(28)22-9(6-23)14(29)30/h7-9,23H,1-6,16H2,(H,20,27)(H,21,24)(H,22,28)(H,25,26)(H,29,30)(H4,17,18,19)/t7-,8-,9+/m0/s1. The van der Waals surface area contributed by atoms with Crippen LogP contribution in [0.1, 0.15) is 19.3 Å². The van der Waals surface area contributed by atoms with Gasteiger partial charge < -0.3 is 48.5 Å². The monoisotopic (exact) mass is 433 g/mol. The third-order valence-corrected chi connectivity index (χ3v) is 3.56. The lowest BCUT2D eigenvalue weighted by Crippen LogP contribution is -2.55. The molecule has 0 fully saturated rings. The van der Waals surface area contributed by atoms with Crippen molar-refractivity contribution in [3.63, 3.8) is 0 Å². The zero-order valence-electron chi connectivity index (χ0n) is 16.0. The van der Waals surface area contributed by atoms with Crippen LogP contribution in [0.15, 0.2) is 4.99 Å². The van der Waals surface area contributed by atoms with Crippen LogP contribution in [0.2, 0.25) is 0 Å². The van der Waals surface area contributed by atoms with Crippen LogP contribution < -0.4 is 33.2 Å². The molecule has 15 nitrogen and oxygen atoms in total. The predicted molar refractivity (Wildman–Crippen MR) is 102 cm³/mol. The molecule has 0 aromatic carbocycles. The van der Waals surface area contributed by atoms with Crippen LogP contribution >= 0.6 is 0 Å². The van der Waals surface area contributed by atoms with E-state index < -0.39 is 67.4 Å². The number of nitrogens with two attached hydrogens (primary N) is 3. The highest BCUT2D eigenvalue weighted by Gasteiger charge is 2.28. The van der Waals surface area contributed by atoms with Crippen LogP contribution in [0, 0.1) is 0 Å². The van der Waals surface area contributed by atoms with Gasteiger partial charge in [0, 0.05) is 6.54 Å². The van der Waals surface area contributed by atoms with Gasteiger partial charge in [-0.05, 0) is 12.8 Å². The summed E-state index contributed by atoms with van der Waals surface area (Å²) in [4.78, 5) is 61.3. The van der Waals surface area contributed by atoms with Gasteiger partial charge in [-0.1, -0.05) is 0 Å². The van der Waals surface area contributed by atoms with Crippen molar-refractivity contribution in [1.29, 1.82) is 0 Å². The van der Waals surface area contributed by atoms with Crippen molar-refractivity contribution in [3.05, 3.63) is 0 Å². The smallest absolute Gasteiger partial charge is 0.328 e.